The first-order valence-electron chi connectivity index (χ1n) is 16.1. The number of urea groups is 1. The van der Waals surface area contributed by atoms with Gasteiger partial charge in [-0.15, -0.1) is 0 Å². The molecule has 7 heterocycles. The second-order valence-corrected chi connectivity index (χ2v) is 12.9. The summed E-state index contributed by atoms with van der Waals surface area (Å²) in [4.78, 5) is 55.0. The molecule has 3 saturated heterocycles. The molecule has 4 aromatic rings. The molecule has 3 fully saturated rings. The fourth-order valence-electron chi connectivity index (χ4n) is 7.57. The third-order valence-corrected chi connectivity index (χ3v) is 9.98. The number of nitrogens with zero attached hydrogens (tertiary/aromatic N) is 6. The van der Waals surface area contributed by atoms with Crippen LogP contribution in [0.25, 0.3) is 17.1 Å². The van der Waals surface area contributed by atoms with Gasteiger partial charge >= 0.3 is 6.03 Å². The van der Waals surface area contributed by atoms with Crippen molar-refractivity contribution in [2.75, 3.05) is 48.8 Å². The molecule has 4 aliphatic heterocycles. The second-order valence-electron chi connectivity index (χ2n) is 12.9. The number of pyridine rings is 2. The first kappa shape index (κ1) is 29.2. The van der Waals surface area contributed by atoms with Gasteiger partial charge in [-0.2, -0.15) is 0 Å². The van der Waals surface area contributed by atoms with Gasteiger partial charge in [-0.05, 0) is 68.8 Å². The average molecular weight is 633 g/mol. The maximum Gasteiger partial charge on any atom is 0.323 e. The SMILES string of the molecule is CN1CC2CC1CN2C(=O)C1CCN(c2ccnc3c2c(/C=C2\Oc4ccc(NC(=O)Nc5cccnc5)cc4C2=O)cn3C)CC1. The zero-order valence-electron chi connectivity index (χ0n) is 26.3. The lowest BCUT2D eigenvalue weighted by molar-refractivity contribution is -0.138. The van der Waals surface area contributed by atoms with Crippen LogP contribution in [0, 0.1) is 5.92 Å². The molecule has 0 spiro atoms. The number of rotatable bonds is 5. The molecule has 3 aromatic heterocycles. The summed E-state index contributed by atoms with van der Waals surface area (Å²) >= 11 is 0. The highest BCUT2D eigenvalue weighted by molar-refractivity contribution is 6.16. The van der Waals surface area contributed by atoms with E-state index in [0.29, 0.717) is 40.7 Å². The Bertz CT molecular complexity index is 1930. The van der Waals surface area contributed by atoms with E-state index in [0.717, 1.165) is 67.7 Å². The summed E-state index contributed by atoms with van der Waals surface area (Å²) in [5.41, 5.74) is 4.05. The first-order chi connectivity index (χ1) is 22.8. The Morgan fingerprint density at radius 2 is 1.83 bits per heavy atom. The van der Waals surface area contributed by atoms with E-state index >= 15 is 0 Å². The van der Waals surface area contributed by atoms with Crippen LogP contribution in [-0.2, 0) is 11.8 Å². The summed E-state index contributed by atoms with van der Waals surface area (Å²) in [7, 11) is 4.09. The number of aromatic nitrogens is 3. The summed E-state index contributed by atoms with van der Waals surface area (Å²) < 4.78 is 7.98. The van der Waals surface area contributed by atoms with E-state index in [1.165, 1.54) is 0 Å². The van der Waals surface area contributed by atoms with Crippen molar-refractivity contribution >= 4 is 51.9 Å². The summed E-state index contributed by atoms with van der Waals surface area (Å²) in [5, 5.41) is 6.42. The highest BCUT2D eigenvalue weighted by atomic mass is 16.5. The van der Waals surface area contributed by atoms with Gasteiger partial charge in [0, 0.05) is 92.1 Å². The maximum atomic E-state index is 13.5. The predicted octanol–water partition coefficient (Wildman–Crippen LogP) is 4.36. The van der Waals surface area contributed by atoms with E-state index in [2.05, 4.69) is 42.3 Å². The van der Waals surface area contributed by atoms with Crippen molar-refractivity contribution < 1.29 is 19.1 Å². The molecule has 1 aromatic carbocycles. The summed E-state index contributed by atoms with van der Waals surface area (Å²) in [5.74, 6) is 0.741. The molecule has 240 valence electrons. The molecule has 2 bridgehead atoms. The zero-order chi connectivity index (χ0) is 32.2. The average Bonchev–Trinajstić information content (AvgIpc) is 3.83. The molecule has 2 unspecified atom stereocenters. The molecular weight excluding hydrogens is 596 g/mol. The highest BCUT2D eigenvalue weighted by Crippen LogP contribution is 2.38. The summed E-state index contributed by atoms with van der Waals surface area (Å²) in [6.07, 6.45) is 11.4. The minimum atomic E-state index is -0.444. The van der Waals surface area contributed by atoms with E-state index in [-0.39, 0.29) is 17.5 Å². The van der Waals surface area contributed by atoms with Crippen LogP contribution < -0.4 is 20.3 Å². The lowest BCUT2D eigenvalue weighted by Crippen LogP contribution is -2.50. The Morgan fingerprint density at radius 1 is 1.00 bits per heavy atom. The third-order valence-electron chi connectivity index (χ3n) is 9.98. The fourth-order valence-corrected chi connectivity index (χ4v) is 7.57. The largest absolute Gasteiger partial charge is 0.452 e. The number of likely N-dealkylation sites (tertiary alicyclic amines) is 2. The number of piperidine rings is 1. The minimum Gasteiger partial charge on any atom is -0.452 e. The monoisotopic (exact) mass is 632 g/mol. The number of ether oxygens (including phenoxy) is 1. The van der Waals surface area contributed by atoms with Gasteiger partial charge in [0.05, 0.1) is 17.4 Å². The van der Waals surface area contributed by atoms with Gasteiger partial charge < -0.3 is 29.7 Å². The second kappa shape index (κ2) is 11.5. The number of carbonyl (C=O) groups is 3. The molecule has 0 saturated carbocycles. The number of benzene rings is 1. The Morgan fingerprint density at radius 3 is 2.57 bits per heavy atom. The number of ketones is 1. The van der Waals surface area contributed by atoms with Gasteiger partial charge in [-0.1, -0.05) is 0 Å². The molecule has 2 atom stereocenters. The number of carbonyl (C=O) groups excluding carboxylic acids is 3. The number of aryl methyl sites for hydroxylation is 1. The first-order valence-corrected chi connectivity index (χ1v) is 16.1. The number of amides is 3. The molecule has 12 heteroatoms. The van der Waals surface area contributed by atoms with Crippen LogP contribution in [0.1, 0.15) is 35.2 Å². The van der Waals surface area contributed by atoms with E-state index in [1.807, 2.05) is 30.1 Å². The number of likely N-dealkylation sites (N-methyl/N-ethyl adjacent to an activating group) is 1. The standard InChI is InChI=1S/C35H36N8O4/c1-40-19-26-16-25(40)20-43(26)34(45)21-8-12-42(13-9-21)28-7-11-37-33-31(28)22(18-41(33)2)14-30-32(44)27-15-23(5-6-29(27)47-30)38-35(46)39-24-4-3-10-36-17-24/h3-7,10-11,14-15,17-18,21,25-26H,8-9,12-13,16,19-20H2,1-2H3,(H2,38,39,46)/b30-14-. The number of hydrogen-bond acceptors (Lipinski definition) is 8. The minimum absolute atomic E-state index is 0.0504. The molecule has 0 aliphatic carbocycles. The molecule has 3 amide bonds. The van der Waals surface area contributed by atoms with Gasteiger partial charge in [0.2, 0.25) is 11.7 Å². The van der Waals surface area contributed by atoms with Gasteiger partial charge in [0.25, 0.3) is 0 Å². The quantitative estimate of drug-likeness (QED) is 0.311. The van der Waals surface area contributed by atoms with E-state index in [1.54, 1.807) is 48.8 Å². The Hall–Kier alpha value is -5.23. The van der Waals surface area contributed by atoms with Crippen LogP contribution in [0.5, 0.6) is 5.75 Å². The molecule has 4 aliphatic rings. The van der Waals surface area contributed by atoms with Crippen LogP contribution in [0.3, 0.4) is 0 Å². The molecule has 12 nitrogen and oxygen atoms in total. The Labute approximate surface area is 272 Å². The van der Waals surface area contributed by atoms with E-state index in [4.69, 9.17) is 4.74 Å². The molecule has 2 N–H and O–H groups in total. The van der Waals surface area contributed by atoms with Crippen LogP contribution in [0.15, 0.2) is 66.9 Å². The highest BCUT2D eigenvalue weighted by Gasteiger charge is 2.45. The Balaban J connectivity index is 0.990. The van der Waals surface area contributed by atoms with Crippen molar-refractivity contribution in [3.8, 4) is 5.75 Å². The van der Waals surface area contributed by atoms with Gasteiger partial charge in [0.1, 0.15) is 11.4 Å². The lowest BCUT2D eigenvalue weighted by atomic mass is 9.94. The predicted molar refractivity (Wildman–Crippen MR) is 178 cm³/mol. The van der Waals surface area contributed by atoms with Crippen molar-refractivity contribution in [1.82, 2.24) is 24.3 Å². The molecule has 8 rings (SSSR count). The molecule has 0 radical (unpaired) electrons. The number of anilines is 3. The Kier molecular flexibility index (Phi) is 7.16. The van der Waals surface area contributed by atoms with Crippen LogP contribution in [0.2, 0.25) is 0 Å². The number of allylic oxidation sites excluding steroid dienone is 1. The number of Topliss-reactive ketones (excluding diaryl/α,β-unsaturated/α-hetero) is 1. The van der Waals surface area contributed by atoms with Crippen LogP contribution >= 0.6 is 0 Å². The van der Waals surface area contributed by atoms with Crippen molar-refractivity contribution in [1.29, 1.82) is 0 Å². The zero-order valence-corrected chi connectivity index (χ0v) is 26.3. The van der Waals surface area contributed by atoms with E-state index < -0.39 is 6.03 Å². The maximum absolute atomic E-state index is 13.5. The summed E-state index contributed by atoms with van der Waals surface area (Å²) in [6.45, 7) is 3.38. The smallest absolute Gasteiger partial charge is 0.323 e. The lowest BCUT2D eigenvalue weighted by Gasteiger charge is -2.38. The van der Waals surface area contributed by atoms with Gasteiger partial charge in [-0.25, -0.2) is 9.78 Å². The summed E-state index contributed by atoms with van der Waals surface area (Å²) in [6, 6.07) is 10.9. The van der Waals surface area contributed by atoms with Gasteiger partial charge in [-0.3, -0.25) is 19.5 Å². The van der Waals surface area contributed by atoms with Gasteiger partial charge in [0.15, 0.2) is 5.76 Å². The van der Waals surface area contributed by atoms with Crippen molar-refractivity contribution in [2.24, 2.45) is 13.0 Å². The normalized spacial score (nSPS) is 21.8. The van der Waals surface area contributed by atoms with Crippen molar-refractivity contribution in [2.45, 2.75) is 31.3 Å². The number of nitrogens with one attached hydrogen (secondary N) is 2. The van der Waals surface area contributed by atoms with Crippen molar-refractivity contribution in [3.63, 3.8) is 0 Å². The fraction of sp³-hybridized carbons (Fsp3) is 0.343. The number of piperazine rings is 1. The van der Waals surface area contributed by atoms with E-state index in [9.17, 15) is 14.4 Å². The van der Waals surface area contributed by atoms with Crippen LogP contribution in [-0.4, -0.2) is 87.4 Å². The third kappa shape index (κ3) is 5.28. The van der Waals surface area contributed by atoms with Crippen LogP contribution in [0.4, 0.5) is 21.9 Å². The molecule has 47 heavy (non-hydrogen) atoms. The topological polar surface area (TPSA) is 125 Å². The molecular formula is C35H36N8O4. The number of fused-ring (bicyclic) bond motifs is 4. The van der Waals surface area contributed by atoms with Crippen molar-refractivity contribution in [3.05, 3.63) is 78.1 Å². The number of hydrogen-bond donors (Lipinski definition) is 2.